The van der Waals surface area contributed by atoms with E-state index in [0.717, 1.165) is 18.4 Å². The average Bonchev–Trinajstić information content (AvgIpc) is 3.46. The quantitative estimate of drug-likeness (QED) is 0.334. The number of hydrogen-bond donors (Lipinski definition) is 3. The van der Waals surface area contributed by atoms with Gasteiger partial charge in [-0.25, -0.2) is 4.79 Å². The fourth-order valence-corrected chi connectivity index (χ4v) is 6.86. The normalized spacial score (nSPS) is 21.4. The summed E-state index contributed by atoms with van der Waals surface area (Å²) in [6, 6.07) is 14.1. The summed E-state index contributed by atoms with van der Waals surface area (Å²) in [7, 11) is 2.81. The zero-order chi connectivity index (χ0) is 34.3. The molecule has 2 fully saturated rings. The predicted octanol–water partition coefficient (Wildman–Crippen LogP) is 3.50. The highest BCUT2D eigenvalue weighted by atomic mass is 19.4. The van der Waals surface area contributed by atoms with E-state index in [-0.39, 0.29) is 30.6 Å². The van der Waals surface area contributed by atoms with E-state index in [4.69, 9.17) is 9.47 Å². The minimum absolute atomic E-state index is 0.0604. The molecule has 3 atom stereocenters. The van der Waals surface area contributed by atoms with Gasteiger partial charge in [0.1, 0.15) is 24.0 Å². The van der Waals surface area contributed by atoms with Gasteiger partial charge in [0, 0.05) is 48.9 Å². The van der Waals surface area contributed by atoms with Crippen molar-refractivity contribution in [3.8, 4) is 5.75 Å². The van der Waals surface area contributed by atoms with Crippen LogP contribution in [0.2, 0.25) is 0 Å². The lowest BCUT2D eigenvalue weighted by molar-refractivity contribution is -0.141. The molecule has 48 heavy (non-hydrogen) atoms. The van der Waals surface area contributed by atoms with Crippen LogP contribution in [0.3, 0.4) is 0 Å². The molecule has 1 saturated heterocycles. The van der Waals surface area contributed by atoms with Gasteiger partial charge in [-0.3, -0.25) is 19.1 Å². The first-order valence-corrected chi connectivity index (χ1v) is 15.5. The number of aryl methyl sites for hydroxylation is 1. The SMILES string of the molecule is COC(=O)N1CCC(C(=O)NCC(F)(F)F)(c2ccc(NC(=O)[C@@H](NC(=O)c3ccnn3C)C3c4ccccc4OCC34CC4)cc2)C1. The lowest BCUT2D eigenvalue weighted by atomic mass is 9.76. The highest BCUT2D eigenvalue weighted by Gasteiger charge is 2.58. The molecule has 254 valence electrons. The van der Waals surface area contributed by atoms with Crippen LogP contribution in [0.15, 0.2) is 60.8 Å². The number of aromatic nitrogens is 2. The first kappa shape index (κ1) is 32.8. The van der Waals surface area contributed by atoms with Gasteiger partial charge in [0.2, 0.25) is 11.8 Å². The second-order valence-corrected chi connectivity index (χ2v) is 12.5. The van der Waals surface area contributed by atoms with Crippen molar-refractivity contribution in [2.24, 2.45) is 12.5 Å². The van der Waals surface area contributed by atoms with Crippen molar-refractivity contribution in [3.05, 3.63) is 77.6 Å². The number of anilines is 1. The Hall–Kier alpha value is -5.08. The van der Waals surface area contributed by atoms with Crippen LogP contribution in [0.4, 0.5) is 23.7 Å². The van der Waals surface area contributed by atoms with E-state index >= 15 is 0 Å². The van der Waals surface area contributed by atoms with Crippen molar-refractivity contribution in [3.63, 3.8) is 0 Å². The van der Waals surface area contributed by atoms with Crippen LogP contribution in [0.25, 0.3) is 0 Å². The van der Waals surface area contributed by atoms with E-state index in [1.165, 1.54) is 35.0 Å². The number of benzene rings is 2. The summed E-state index contributed by atoms with van der Waals surface area (Å²) in [5, 5.41) is 11.9. The number of carbonyl (C=O) groups is 4. The van der Waals surface area contributed by atoms with Gasteiger partial charge in [0.25, 0.3) is 5.91 Å². The maximum Gasteiger partial charge on any atom is 0.409 e. The third-order valence-electron chi connectivity index (χ3n) is 9.57. The first-order chi connectivity index (χ1) is 22.9. The monoisotopic (exact) mass is 668 g/mol. The lowest BCUT2D eigenvalue weighted by Gasteiger charge is -2.38. The number of para-hydroxylation sites is 1. The summed E-state index contributed by atoms with van der Waals surface area (Å²) in [5.74, 6) is -1.60. The molecule has 2 unspecified atom stereocenters. The molecule has 6 rings (SSSR count). The van der Waals surface area contributed by atoms with E-state index in [0.29, 0.717) is 23.6 Å². The molecular weight excluding hydrogens is 633 g/mol. The minimum atomic E-state index is -4.63. The van der Waals surface area contributed by atoms with E-state index in [9.17, 15) is 32.3 Å². The van der Waals surface area contributed by atoms with Gasteiger partial charge in [-0.2, -0.15) is 18.3 Å². The predicted molar refractivity (Wildman–Crippen MR) is 165 cm³/mol. The molecule has 1 saturated carbocycles. The maximum absolute atomic E-state index is 14.2. The fourth-order valence-electron chi connectivity index (χ4n) is 6.86. The van der Waals surface area contributed by atoms with Crippen molar-refractivity contribution in [2.75, 3.05) is 38.7 Å². The first-order valence-electron chi connectivity index (χ1n) is 15.5. The highest BCUT2D eigenvalue weighted by molar-refractivity contribution is 6.01. The molecule has 0 radical (unpaired) electrons. The Morgan fingerprint density at radius 3 is 2.44 bits per heavy atom. The third-order valence-corrected chi connectivity index (χ3v) is 9.57. The maximum atomic E-state index is 14.2. The molecule has 2 aliphatic heterocycles. The Labute approximate surface area is 273 Å². The van der Waals surface area contributed by atoms with Crippen LogP contribution in [0.1, 0.15) is 46.8 Å². The van der Waals surface area contributed by atoms with Crippen LogP contribution < -0.4 is 20.7 Å². The number of fused-ring (bicyclic) bond motifs is 1. The molecule has 1 aliphatic carbocycles. The minimum Gasteiger partial charge on any atom is -0.493 e. The molecule has 4 amide bonds. The Balaban J connectivity index is 1.28. The van der Waals surface area contributed by atoms with Crippen LogP contribution in [-0.4, -0.2) is 84.1 Å². The molecular formula is C33H35F3N6O6. The smallest absolute Gasteiger partial charge is 0.409 e. The third kappa shape index (κ3) is 6.28. The molecule has 12 nitrogen and oxygen atoms in total. The van der Waals surface area contributed by atoms with Crippen LogP contribution >= 0.6 is 0 Å². The number of alkyl halides is 3. The van der Waals surface area contributed by atoms with E-state index < -0.39 is 53.9 Å². The molecule has 1 spiro atoms. The second-order valence-electron chi connectivity index (χ2n) is 12.5. The Kier molecular flexibility index (Phi) is 8.56. The number of ether oxygens (including phenoxy) is 2. The highest BCUT2D eigenvalue weighted by Crippen LogP contribution is 2.61. The second kappa shape index (κ2) is 12.5. The number of methoxy groups -OCH3 is 1. The van der Waals surface area contributed by atoms with Crippen molar-refractivity contribution in [1.82, 2.24) is 25.3 Å². The molecule has 15 heteroatoms. The van der Waals surface area contributed by atoms with Crippen LogP contribution in [0, 0.1) is 5.41 Å². The summed E-state index contributed by atoms with van der Waals surface area (Å²) in [4.78, 5) is 54.4. The summed E-state index contributed by atoms with van der Waals surface area (Å²) < 4.78 is 51.2. The molecule has 2 aromatic carbocycles. The molecule has 3 heterocycles. The number of nitrogens with one attached hydrogen (secondary N) is 3. The number of nitrogens with zero attached hydrogens (tertiary/aromatic N) is 3. The largest absolute Gasteiger partial charge is 0.493 e. The van der Waals surface area contributed by atoms with Gasteiger partial charge in [0.05, 0.1) is 19.1 Å². The summed E-state index contributed by atoms with van der Waals surface area (Å²) in [5.41, 5.74) is -0.0415. The Bertz CT molecular complexity index is 1720. The van der Waals surface area contributed by atoms with E-state index in [1.54, 1.807) is 25.2 Å². The average molecular weight is 669 g/mol. The summed E-state index contributed by atoms with van der Waals surface area (Å²) >= 11 is 0. The van der Waals surface area contributed by atoms with Gasteiger partial charge in [-0.15, -0.1) is 0 Å². The van der Waals surface area contributed by atoms with Crippen LogP contribution in [0.5, 0.6) is 5.75 Å². The molecule has 3 N–H and O–H groups in total. The van der Waals surface area contributed by atoms with Crippen molar-refractivity contribution < 1.29 is 41.8 Å². The molecule has 1 aromatic heterocycles. The summed E-state index contributed by atoms with van der Waals surface area (Å²) in [6.45, 7) is -1.22. The molecule has 0 bridgehead atoms. The van der Waals surface area contributed by atoms with Gasteiger partial charge in [0.15, 0.2) is 0 Å². The molecule has 3 aromatic rings. The van der Waals surface area contributed by atoms with E-state index in [1.807, 2.05) is 29.6 Å². The Morgan fingerprint density at radius 2 is 1.79 bits per heavy atom. The number of likely N-dealkylation sites (tertiary alicyclic amines) is 1. The Morgan fingerprint density at radius 1 is 1.06 bits per heavy atom. The lowest BCUT2D eigenvalue weighted by Crippen LogP contribution is -2.52. The van der Waals surface area contributed by atoms with Gasteiger partial charge in [-0.1, -0.05) is 30.3 Å². The van der Waals surface area contributed by atoms with Gasteiger partial charge in [-0.05, 0) is 49.1 Å². The van der Waals surface area contributed by atoms with Crippen molar-refractivity contribution in [1.29, 1.82) is 0 Å². The number of carbonyl (C=O) groups excluding carboxylic acids is 4. The van der Waals surface area contributed by atoms with Gasteiger partial charge < -0.3 is 30.3 Å². The van der Waals surface area contributed by atoms with Crippen LogP contribution in [-0.2, 0) is 26.8 Å². The fraction of sp³-hybridized carbons (Fsp3) is 0.424. The van der Waals surface area contributed by atoms with Crippen molar-refractivity contribution >= 4 is 29.5 Å². The molecule has 3 aliphatic rings. The zero-order valence-corrected chi connectivity index (χ0v) is 26.3. The number of rotatable bonds is 8. The number of hydrogen-bond acceptors (Lipinski definition) is 7. The van der Waals surface area contributed by atoms with Gasteiger partial charge >= 0.3 is 12.3 Å². The number of amides is 4. The zero-order valence-electron chi connectivity index (χ0n) is 26.3. The standard InChI is InChI=1S/C33H35F3N6O6/c1-41-23(11-15-38-41)27(43)40-26(25-22-5-3-4-6-24(22)48-19-31(25)12-13-31)28(44)39-21-9-7-20(8-10-21)32(29(45)37-17-33(34,35)36)14-16-42(18-32)30(46)47-2/h3-11,15,25-26H,12-14,16-19H2,1-2H3,(H,37,45)(H,39,44)(H,40,43)/t25?,26-,32?/m0/s1. The van der Waals surface area contributed by atoms with Crippen molar-refractivity contribution in [2.45, 2.75) is 42.8 Å². The summed E-state index contributed by atoms with van der Waals surface area (Å²) in [6.07, 6.45) is -2.15. The topological polar surface area (TPSA) is 144 Å². The van der Waals surface area contributed by atoms with E-state index in [2.05, 4.69) is 15.7 Å². The number of halogens is 3.